The van der Waals surface area contributed by atoms with Gasteiger partial charge in [0.25, 0.3) is 0 Å². The van der Waals surface area contributed by atoms with E-state index in [0.717, 1.165) is 6.33 Å². The molecule has 0 aliphatic carbocycles. The third kappa shape index (κ3) is 8.47. The van der Waals surface area contributed by atoms with E-state index < -0.39 is 42.0 Å². The standard InChI is InChI=1S/C11H16N5O12P3.Na/c12-10-9-11(14-5-13-10)16(6-15-9)8(3-18)1-7(2-17)4-26-30(22,23)28-31(24,25)27-29(19,20)21;/h2-3,5-8H,1,4H2,(H,22,23)(H,24,25)(H2,12,13,14)(H2,19,20,21);/t7-,8-;/m1./s1. The minimum Gasteiger partial charge on any atom is -0.382 e. The first kappa shape index (κ1) is 29.1. The Hall–Kier alpha value is -0.900. The SMILES string of the molecule is Nc1ncnc2c1ncn2[C@@H](C=O)C[C@H](C=O)COP(=O)(O)OP(=O)(O)OP(=O)(O)O.[Na]. The van der Waals surface area contributed by atoms with E-state index in [2.05, 4.69) is 28.1 Å². The number of rotatable bonds is 12. The van der Waals surface area contributed by atoms with Gasteiger partial charge in [0, 0.05) is 35.5 Å². The Kier molecular flexibility index (Phi) is 10.5. The van der Waals surface area contributed by atoms with Crippen molar-refractivity contribution >= 4 is 82.6 Å². The number of aldehydes is 2. The number of hydrogen-bond donors (Lipinski definition) is 5. The van der Waals surface area contributed by atoms with E-state index in [1.807, 2.05) is 0 Å². The van der Waals surface area contributed by atoms with Crippen LogP contribution in [0.5, 0.6) is 0 Å². The largest absolute Gasteiger partial charge is 0.490 e. The molecule has 0 saturated heterocycles. The van der Waals surface area contributed by atoms with Crippen molar-refractivity contribution in [3.05, 3.63) is 12.7 Å². The maximum absolute atomic E-state index is 11.7. The van der Waals surface area contributed by atoms with Crippen LogP contribution in [0.3, 0.4) is 0 Å². The molecule has 0 spiro atoms. The fourth-order valence-electron chi connectivity index (χ4n) is 2.31. The summed E-state index contributed by atoms with van der Waals surface area (Å²) < 4.78 is 46.4. The van der Waals surface area contributed by atoms with Gasteiger partial charge in [0.05, 0.1) is 19.0 Å². The molecule has 32 heavy (non-hydrogen) atoms. The molecule has 0 aliphatic rings. The van der Waals surface area contributed by atoms with Crippen LogP contribution >= 0.6 is 23.5 Å². The molecule has 0 fully saturated rings. The monoisotopic (exact) mass is 526 g/mol. The zero-order valence-electron chi connectivity index (χ0n) is 16.1. The topological polar surface area (TPSA) is 264 Å². The van der Waals surface area contributed by atoms with Gasteiger partial charge in [-0.25, -0.2) is 28.6 Å². The van der Waals surface area contributed by atoms with Crippen LogP contribution in [0.2, 0.25) is 0 Å². The zero-order chi connectivity index (χ0) is 23.4. The van der Waals surface area contributed by atoms with E-state index in [1.54, 1.807) is 0 Å². The summed E-state index contributed by atoms with van der Waals surface area (Å²) in [5.74, 6) is -1.16. The van der Waals surface area contributed by atoms with E-state index >= 15 is 0 Å². The normalized spacial score (nSPS) is 17.5. The number of nitrogen functional groups attached to an aromatic ring is 1. The van der Waals surface area contributed by atoms with Gasteiger partial charge in [0.1, 0.15) is 24.4 Å². The number of nitrogens with two attached hydrogens (primary N) is 1. The summed E-state index contributed by atoms with van der Waals surface area (Å²) in [5, 5.41) is 0. The molecule has 173 valence electrons. The molecule has 0 amide bonds. The zero-order valence-corrected chi connectivity index (χ0v) is 20.8. The van der Waals surface area contributed by atoms with Gasteiger partial charge in [-0.05, 0) is 6.42 Å². The Morgan fingerprint density at radius 1 is 1.03 bits per heavy atom. The van der Waals surface area contributed by atoms with Gasteiger partial charge in [-0.2, -0.15) is 8.62 Å². The molecule has 0 saturated carbocycles. The van der Waals surface area contributed by atoms with Crippen molar-refractivity contribution < 1.29 is 56.0 Å². The van der Waals surface area contributed by atoms with Crippen LogP contribution in [0.1, 0.15) is 12.5 Å². The molecule has 2 heterocycles. The number of carbonyl (C=O) groups is 2. The van der Waals surface area contributed by atoms with Crippen LogP contribution in [0, 0.1) is 5.92 Å². The van der Waals surface area contributed by atoms with Crippen LogP contribution in [-0.2, 0) is 36.4 Å². The van der Waals surface area contributed by atoms with Crippen molar-refractivity contribution in [1.82, 2.24) is 19.5 Å². The third-order valence-electron chi connectivity index (χ3n) is 3.51. The summed E-state index contributed by atoms with van der Waals surface area (Å²) in [4.78, 5) is 70.0. The van der Waals surface area contributed by atoms with Crippen molar-refractivity contribution in [2.45, 2.75) is 12.5 Å². The third-order valence-corrected chi connectivity index (χ3v) is 7.31. The Labute approximate surface area is 201 Å². The number of anilines is 1. The fraction of sp³-hybridized carbons (Fsp3) is 0.364. The predicted octanol–water partition coefficient (Wildman–Crippen LogP) is -0.684. The first-order chi connectivity index (χ1) is 14.3. The Morgan fingerprint density at radius 3 is 2.25 bits per heavy atom. The van der Waals surface area contributed by atoms with E-state index in [1.165, 1.54) is 10.9 Å². The molecular weight excluding hydrogens is 510 g/mol. The summed E-state index contributed by atoms with van der Waals surface area (Å²) in [5.41, 5.74) is 6.04. The van der Waals surface area contributed by atoms with Gasteiger partial charge < -0.3 is 39.5 Å². The Morgan fingerprint density at radius 2 is 1.69 bits per heavy atom. The molecule has 0 aliphatic heterocycles. The number of phosphoric acid groups is 3. The molecule has 6 N–H and O–H groups in total. The number of aromatic nitrogens is 4. The first-order valence-corrected chi connectivity index (χ1v) is 12.4. The van der Waals surface area contributed by atoms with Crippen LogP contribution in [0.4, 0.5) is 5.82 Å². The molecule has 17 nitrogen and oxygen atoms in total. The molecule has 21 heteroatoms. The summed E-state index contributed by atoms with van der Waals surface area (Å²) >= 11 is 0. The Bertz CT molecular complexity index is 1110. The van der Waals surface area contributed by atoms with E-state index in [0.29, 0.717) is 6.29 Å². The van der Waals surface area contributed by atoms with E-state index in [-0.39, 0.29) is 59.2 Å². The van der Waals surface area contributed by atoms with Gasteiger partial charge >= 0.3 is 23.5 Å². The number of nitrogens with zero attached hydrogens (tertiary/aromatic N) is 4. The van der Waals surface area contributed by atoms with Gasteiger partial charge in [-0.1, -0.05) is 0 Å². The average molecular weight is 526 g/mol. The molecule has 4 atom stereocenters. The average Bonchev–Trinajstić information content (AvgIpc) is 3.04. The van der Waals surface area contributed by atoms with Crippen LogP contribution in [0.25, 0.3) is 11.2 Å². The second kappa shape index (κ2) is 11.5. The van der Waals surface area contributed by atoms with Gasteiger partial charge in [-0.15, -0.1) is 0 Å². The van der Waals surface area contributed by atoms with Crippen molar-refractivity contribution in [1.29, 1.82) is 0 Å². The number of fused-ring (bicyclic) bond motifs is 1. The van der Waals surface area contributed by atoms with Crippen LogP contribution < -0.4 is 5.73 Å². The maximum Gasteiger partial charge on any atom is 0.490 e. The summed E-state index contributed by atoms with van der Waals surface area (Å²) in [6.45, 7) is -0.874. The summed E-state index contributed by atoms with van der Waals surface area (Å²) in [7, 11) is -16.6. The van der Waals surface area contributed by atoms with Crippen molar-refractivity contribution in [3.8, 4) is 0 Å². The smallest absolute Gasteiger partial charge is 0.382 e. The second-order valence-corrected chi connectivity index (χ2v) is 10.2. The van der Waals surface area contributed by atoms with Crippen LogP contribution in [-0.4, -0.2) is 87.8 Å². The molecule has 0 aromatic carbocycles. The van der Waals surface area contributed by atoms with E-state index in [9.17, 15) is 28.2 Å². The molecule has 2 aromatic rings. The molecule has 1 radical (unpaired) electrons. The summed E-state index contributed by atoms with van der Waals surface area (Å²) in [6.07, 6.45) is 2.80. The molecule has 2 rings (SSSR count). The van der Waals surface area contributed by atoms with Crippen molar-refractivity contribution in [2.75, 3.05) is 12.3 Å². The maximum atomic E-state index is 11.7. The second-order valence-electron chi connectivity index (χ2n) is 5.81. The molecule has 0 bridgehead atoms. The molecule has 2 aromatic heterocycles. The quantitative estimate of drug-likeness (QED) is 0.130. The number of phosphoric ester groups is 1. The Balaban J connectivity index is 0.00000512. The fourth-order valence-corrected chi connectivity index (χ4v) is 5.39. The van der Waals surface area contributed by atoms with Crippen molar-refractivity contribution in [2.24, 2.45) is 5.92 Å². The first-order valence-electron chi connectivity index (χ1n) is 7.89. The number of carbonyl (C=O) groups excluding carboxylic acids is 2. The van der Waals surface area contributed by atoms with Gasteiger partial charge in [-0.3, -0.25) is 4.52 Å². The van der Waals surface area contributed by atoms with E-state index in [4.69, 9.17) is 20.4 Å². The molecule has 2 unspecified atom stereocenters. The predicted molar refractivity (Wildman–Crippen MR) is 105 cm³/mol. The minimum absolute atomic E-state index is 0. The minimum atomic E-state index is -5.69. The number of hydrogen-bond acceptors (Lipinski definition) is 12. The van der Waals surface area contributed by atoms with Gasteiger partial charge in [0.15, 0.2) is 11.5 Å². The summed E-state index contributed by atoms with van der Waals surface area (Å²) in [6, 6.07) is -1.04. The van der Waals surface area contributed by atoms with Crippen molar-refractivity contribution in [3.63, 3.8) is 0 Å². The molecular formula is C11H16N5NaO12P3. The van der Waals surface area contributed by atoms with Gasteiger partial charge in [0.2, 0.25) is 0 Å². The number of imidazole rings is 1. The van der Waals surface area contributed by atoms with Crippen LogP contribution in [0.15, 0.2) is 12.7 Å².